The Morgan fingerprint density at radius 1 is 1.06 bits per heavy atom. The lowest BCUT2D eigenvalue weighted by Gasteiger charge is -2.26. The van der Waals surface area contributed by atoms with Gasteiger partial charge in [0, 0.05) is 0 Å². The topological polar surface area (TPSA) is 40.5 Å². The van der Waals surface area contributed by atoms with Crippen molar-refractivity contribution in [2.24, 2.45) is 5.92 Å². The molecule has 0 aliphatic heterocycles. The summed E-state index contributed by atoms with van der Waals surface area (Å²) in [5.41, 5.74) is 2.78. The van der Waals surface area contributed by atoms with E-state index in [1.165, 1.54) is 0 Å². The zero-order valence-corrected chi connectivity index (χ0v) is 10.8. The Labute approximate surface area is 104 Å². The van der Waals surface area contributed by atoms with Crippen molar-refractivity contribution in [3.8, 4) is 0 Å². The number of aliphatic hydroxyl groups is 2. The average Bonchev–Trinajstić information content (AvgIpc) is 2.28. The van der Waals surface area contributed by atoms with Crippen LogP contribution in [0.15, 0.2) is 36.5 Å². The van der Waals surface area contributed by atoms with Crippen molar-refractivity contribution in [2.75, 3.05) is 0 Å². The standard InChI is InChI=1S/C15H24O2/c1-10(2)13-7-5-11(3)14(16)8-6-12(4)15(17)9-13/h13-17H,1,3-9H2,2H3/t13-,14-,15-/m0/s1. The molecule has 1 aliphatic carbocycles. The normalized spacial score (nSPS) is 32.3. The van der Waals surface area contributed by atoms with Crippen molar-refractivity contribution in [1.29, 1.82) is 0 Å². The van der Waals surface area contributed by atoms with Crippen LogP contribution in [0, 0.1) is 5.92 Å². The summed E-state index contributed by atoms with van der Waals surface area (Å²) in [6, 6.07) is 0. The molecule has 0 spiro atoms. The van der Waals surface area contributed by atoms with Crippen LogP contribution in [0.3, 0.4) is 0 Å². The van der Waals surface area contributed by atoms with Crippen LogP contribution in [-0.2, 0) is 0 Å². The molecule has 0 unspecified atom stereocenters. The molecule has 2 N–H and O–H groups in total. The van der Waals surface area contributed by atoms with Gasteiger partial charge < -0.3 is 10.2 Å². The maximum atomic E-state index is 10.0. The Hall–Kier alpha value is -0.860. The van der Waals surface area contributed by atoms with E-state index >= 15 is 0 Å². The van der Waals surface area contributed by atoms with E-state index in [4.69, 9.17) is 0 Å². The third-order valence-corrected chi connectivity index (χ3v) is 3.70. The first kappa shape index (κ1) is 14.2. The van der Waals surface area contributed by atoms with E-state index < -0.39 is 12.2 Å². The van der Waals surface area contributed by atoms with Crippen LogP contribution in [0.25, 0.3) is 0 Å². The maximum Gasteiger partial charge on any atom is 0.0753 e. The fourth-order valence-electron chi connectivity index (χ4n) is 2.22. The summed E-state index contributed by atoms with van der Waals surface area (Å²) < 4.78 is 0. The van der Waals surface area contributed by atoms with Gasteiger partial charge in [-0.25, -0.2) is 0 Å². The van der Waals surface area contributed by atoms with Crippen molar-refractivity contribution in [1.82, 2.24) is 0 Å². The van der Waals surface area contributed by atoms with Crippen LogP contribution in [0.2, 0.25) is 0 Å². The molecule has 0 amide bonds. The fraction of sp³-hybridized carbons (Fsp3) is 0.600. The largest absolute Gasteiger partial charge is 0.389 e. The van der Waals surface area contributed by atoms with E-state index in [9.17, 15) is 10.2 Å². The smallest absolute Gasteiger partial charge is 0.0753 e. The van der Waals surface area contributed by atoms with Crippen molar-refractivity contribution in [3.63, 3.8) is 0 Å². The molecule has 3 atom stereocenters. The maximum absolute atomic E-state index is 10.0. The lowest BCUT2D eigenvalue weighted by Crippen LogP contribution is -2.21. The lowest BCUT2D eigenvalue weighted by atomic mass is 9.84. The lowest BCUT2D eigenvalue weighted by molar-refractivity contribution is 0.157. The Balaban J connectivity index is 2.77. The van der Waals surface area contributed by atoms with Gasteiger partial charge in [0.25, 0.3) is 0 Å². The molecule has 1 saturated carbocycles. The van der Waals surface area contributed by atoms with Gasteiger partial charge in [-0.2, -0.15) is 0 Å². The number of allylic oxidation sites excluding steroid dienone is 1. The third-order valence-electron chi connectivity index (χ3n) is 3.70. The summed E-state index contributed by atoms with van der Waals surface area (Å²) in [7, 11) is 0. The van der Waals surface area contributed by atoms with Gasteiger partial charge in [-0.15, -0.1) is 0 Å². The highest BCUT2D eigenvalue weighted by molar-refractivity contribution is 5.11. The van der Waals surface area contributed by atoms with Crippen LogP contribution in [-0.4, -0.2) is 22.4 Å². The Morgan fingerprint density at radius 2 is 1.59 bits per heavy atom. The molecular weight excluding hydrogens is 212 g/mol. The van der Waals surface area contributed by atoms with Gasteiger partial charge in [-0.3, -0.25) is 0 Å². The van der Waals surface area contributed by atoms with E-state index in [0.29, 0.717) is 19.3 Å². The van der Waals surface area contributed by atoms with E-state index in [1.807, 2.05) is 6.92 Å². The minimum Gasteiger partial charge on any atom is -0.389 e. The predicted molar refractivity (Wildman–Crippen MR) is 71.7 cm³/mol. The van der Waals surface area contributed by atoms with Gasteiger partial charge in [0.05, 0.1) is 12.2 Å². The molecule has 2 heteroatoms. The van der Waals surface area contributed by atoms with Crippen LogP contribution >= 0.6 is 0 Å². The van der Waals surface area contributed by atoms with Crippen molar-refractivity contribution >= 4 is 0 Å². The van der Waals surface area contributed by atoms with Crippen LogP contribution in [0.5, 0.6) is 0 Å². The predicted octanol–water partition coefficient (Wildman–Crippen LogP) is 2.98. The summed E-state index contributed by atoms with van der Waals surface area (Å²) in [6.45, 7) is 13.8. The average molecular weight is 236 g/mol. The molecule has 0 bridgehead atoms. The molecule has 0 saturated heterocycles. The number of hydrogen-bond acceptors (Lipinski definition) is 2. The first-order valence-electron chi connectivity index (χ1n) is 6.28. The molecule has 0 aromatic carbocycles. The van der Waals surface area contributed by atoms with Gasteiger partial charge in [0.15, 0.2) is 0 Å². The number of hydrogen-bond donors (Lipinski definition) is 2. The first-order valence-corrected chi connectivity index (χ1v) is 6.28. The molecular formula is C15H24O2. The zero-order valence-electron chi connectivity index (χ0n) is 10.8. The summed E-state index contributed by atoms with van der Waals surface area (Å²) in [5.74, 6) is 0.281. The molecule has 0 aromatic rings. The first-order chi connectivity index (χ1) is 7.91. The van der Waals surface area contributed by atoms with Crippen molar-refractivity contribution < 1.29 is 10.2 Å². The fourth-order valence-corrected chi connectivity index (χ4v) is 2.22. The second-order valence-electron chi connectivity index (χ2n) is 5.20. The molecule has 1 rings (SSSR count). The zero-order chi connectivity index (χ0) is 13.0. The second kappa shape index (κ2) is 6.18. The molecule has 1 fully saturated rings. The van der Waals surface area contributed by atoms with E-state index in [0.717, 1.165) is 29.6 Å². The van der Waals surface area contributed by atoms with Crippen LogP contribution < -0.4 is 0 Å². The number of rotatable bonds is 1. The molecule has 96 valence electrons. The van der Waals surface area contributed by atoms with Gasteiger partial charge in [-0.05, 0) is 56.1 Å². The Bertz CT molecular complexity index is 317. The van der Waals surface area contributed by atoms with Gasteiger partial charge in [0.2, 0.25) is 0 Å². The quantitative estimate of drug-likeness (QED) is 0.687. The highest BCUT2D eigenvalue weighted by atomic mass is 16.3. The minimum atomic E-state index is -0.477. The minimum absolute atomic E-state index is 0.281. The van der Waals surface area contributed by atoms with Crippen molar-refractivity contribution in [3.05, 3.63) is 36.5 Å². The van der Waals surface area contributed by atoms with Gasteiger partial charge >= 0.3 is 0 Å². The second-order valence-corrected chi connectivity index (χ2v) is 5.20. The monoisotopic (exact) mass is 236 g/mol. The summed E-state index contributed by atoms with van der Waals surface area (Å²) in [6.07, 6.45) is 2.72. The molecule has 17 heavy (non-hydrogen) atoms. The Morgan fingerprint density at radius 3 is 2.18 bits per heavy atom. The molecule has 0 radical (unpaired) electrons. The molecule has 0 aromatic heterocycles. The van der Waals surface area contributed by atoms with Gasteiger partial charge in [-0.1, -0.05) is 25.3 Å². The molecule has 1 aliphatic rings. The highest BCUT2D eigenvalue weighted by Gasteiger charge is 2.21. The van der Waals surface area contributed by atoms with E-state index in [1.54, 1.807) is 0 Å². The molecule has 2 nitrogen and oxygen atoms in total. The summed E-state index contributed by atoms with van der Waals surface area (Å²) in [5, 5.41) is 19.9. The highest BCUT2D eigenvalue weighted by Crippen LogP contribution is 2.29. The van der Waals surface area contributed by atoms with Crippen LogP contribution in [0.1, 0.15) is 39.0 Å². The molecule has 0 heterocycles. The van der Waals surface area contributed by atoms with E-state index in [2.05, 4.69) is 19.7 Å². The van der Waals surface area contributed by atoms with Crippen molar-refractivity contribution in [2.45, 2.75) is 51.2 Å². The number of aliphatic hydroxyl groups excluding tert-OH is 2. The van der Waals surface area contributed by atoms with Gasteiger partial charge in [0.1, 0.15) is 0 Å². The summed E-state index contributed by atoms with van der Waals surface area (Å²) in [4.78, 5) is 0. The summed E-state index contributed by atoms with van der Waals surface area (Å²) >= 11 is 0. The Kier molecular flexibility index (Phi) is 5.16. The van der Waals surface area contributed by atoms with Crippen LogP contribution in [0.4, 0.5) is 0 Å². The SMILES string of the molecule is C=C(C)[C@H]1CCC(=C)[C@@H](O)CCC(=C)[C@@H](O)C1. The third kappa shape index (κ3) is 4.14. The van der Waals surface area contributed by atoms with E-state index in [-0.39, 0.29) is 5.92 Å².